The van der Waals surface area contributed by atoms with Gasteiger partial charge >= 0.3 is 0 Å². The van der Waals surface area contributed by atoms with Gasteiger partial charge in [0.2, 0.25) is 0 Å². The van der Waals surface area contributed by atoms with E-state index in [-0.39, 0.29) is 6.04 Å². The van der Waals surface area contributed by atoms with Crippen LogP contribution >= 0.6 is 0 Å². The van der Waals surface area contributed by atoms with E-state index in [4.69, 9.17) is 11.5 Å². The second-order valence-corrected chi connectivity index (χ2v) is 4.10. The van der Waals surface area contributed by atoms with E-state index in [1.54, 1.807) is 6.92 Å². The zero-order valence-electron chi connectivity index (χ0n) is 9.82. The van der Waals surface area contributed by atoms with Gasteiger partial charge in [0, 0.05) is 0 Å². The quantitative estimate of drug-likeness (QED) is 0.528. The van der Waals surface area contributed by atoms with Crippen LogP contribution in [0.25, 0.3) is 0 Å². The number of rotatable bonds is 8. The fraction of sp³-hybridized carbons (Fsp3) is 1.00. The minimum Gasteiger partial charge on any atom is -0.368 e. The highest BCUT2D eigenvalue weighted by Crippen LogP contribution is 2.15. The first-order chi connectivity index (χ1) is 7.02. The molecular weight excluding hydrogens is 192 g/mol. The van der Waals surface area contributed by atoms with E-state index < -0.39 is 5.72 Å². The van der Waals surface area contributed by atoms with Crippen molar-refractivity contribution in [3.05, 3.63) is 0 Å². The molecule has 0 radical (unpaired) electrons. The summed E-state index contributed by atoms with van der Waals surface area (Å²) < 4.78 is 0. The Morgan fingerprint density at radius 2 is 1.87 bits per heavy atom. The maximum Gasteiger partial charge on any atom is 0.173 e. The average molecular weight is 216 g/mol. The summed E-state index contributed by atoms with van der Waals surface area (Å²) in [6.45, 7) is 4.86. The number of nitrogens with zero attached hydrogens (tertiary/aromatic N) is 2. The maximum atomic E-state index is 9.78. The summed E-state index contributed by atoms with van der Waals surface area (Å²) in [5.41, 5.74) is 9.68. The van der Waals surface area contributed by atoms with Gasteiger partial charge in [-0.3, -0.25) is 0 Å². The molecule has 0 aromatic heterocycles. The van der Waals surface area contributed by atoms with Crippen molar-refractivity contribution in [1.82, 2.24) is 0 Å². The van der Waals surface area contributed by atoms with Crippen LogP contribution in [0.1, 0.15) is 39.5 Å². The molecule has 0 saturated carbocycles. The van der Waals surface area contributed by atoms with Crippen molar-refractivity contribution in [1.29, 1.82) is 0 Å². The summed E-state index contributed by atoms with van der Waals surface area (Å²) in [4.78, 5) is 0. The first-order valence-corrected chi connectivity index (χ1v) is 5.56. The van der Waals surface area contributed by atoms with Gasteiger partial charge in [-0.2, -0.15) is 10.2 Å². The Kier molecular flexibility index (Phi) is 7.46. The smallest absolute Gasteiger partial charge is 0.173 e. The molecule has 0 heterocycles. The van der Waals surface area contributed by atoms with Gasteiger partial charge < -0.3 is 16.6 Å². The van der Waals surface area contributed by atoms with Crippen molar-refractivity contribution in [3.8, 4) is 0 Å². The molecule has 0 fully saturated rings. The standard InChI is InChI=1S/C10H24N4O/c1-9(5-3-7-11)13-14-10(2,15)6-4-8-12/h9,15H,3-8,11-12H2,1-2H3/b14-13+. The molecule has 5 heteroatoms. The van der Waals surface area contributed by atoms with Gasteiger partial charge in [0.05, 0.1) is 6.04 Å². The zero-order valence-corrected chi connectivity index (χ0v) is 9.82. The fourth-order valence-electron chi connectivity index (χ4n) is 1.18. The predicted octanol–water partition coefficient (Wildman–Crippen LogP) is 1.01. The number of hydrogen-bond acceptors (Lipinski definition) is 5. The summed E-state index contributed by atoms with van der Waals surface area (Å²) in [6, 6.07) is 0.123. The number of aliphatic hydroxyl groups is 1. The predicted molar refractivity (Wildman–Crippen MR) is 61.5 cm³/mol. The van der Waals surface area contributed by atoms with Crippen LogP contribution in [0.3, 0.4) is 0 Å². The Morgan fingerprint density at radius 3 is 2.40 bits per heavy atom. The highest BCUT2D eigenvalue weighted by atomic mass is 16.3. The summed E-state index contributed by atoms with van der Waals surface area (Å²) in [5, 5.41) is 17.8. The molecule has 2 unspecified atom stereocenters. The van der Waals surface area contributed by atoms with Crippen LogP contribution in [0.15, 0.2) is 10.2 Å². The monoisotopic (exact) mass is 216 g/mol. The molecule has 0 aliphatic rings. The minimum atomic E-state index is -1.07. The molecule has 0 amide bonds. The number of nitrogens with two attached hydrogens (primary N) is 2. The lowest BCUT2D eigenvalue weighted by molar-refractivity contribution is 0.0494. The van der Waals surface area contributed by atoms with Gasteiger partial charge in [-0.15, -0.1) is 0 Å². The summed E-state index contributed by atoms with van der Waals surface area (Å²) in [7, 11) is 0. The molecule has 0 bridgehead atoms. The SMILES string of the molecule is CC(CCCN)/N=N/C(C)(O)CCCN. The van der Waals surface area contributed by atoms with Crippen LogP contribution < -0.4 is 11.5 Å². The summed E-state index contributed by atoms with van der Waals surface area (Å²) >= 11 is 0. The van der Waals surface area contributed by atoms with E-state index in [1.165, 1.54) is 0 Å². The number of hydrogen-bond donors (Lipinski definition) is 3. The normalized spacial score (nSPS) is 17.9. The summed E-state index contributed by atoms with van der Waals surface area (Å²) in [6.07, 6.45) is 3.15. The molecule has 0 aromatic rings. The lowest BCUT2D eigenvalue weighted by Gasteiger charge is -2.16. The van der Waals surface area contributed by atoms with Crippen LogP contribution in [-0.2, 0) is 0 Å². The molecule has 15 heavy (non-hydrogen) atoms. The fourth-order valence-corrected chi connectivity index (χ4v) is 1.18. The van der Waals surface area contributed by atoms with Crippen LogP contribution in [-0.4, -0.2) is 30.0 Å². The Bertz CT molecular complexity index is 182. The Balaban J connectivity index is 3.89. The maximum absolute atomic E-state index is 9.78. The van der Waals surface area contributed by atoms with E-state index >= 15 is 0 Å². The van der Waals surface area contributed by atoms with E-state index in [9.17, 15) is 5.11 Å². The van der Waals surface area contributed by atoms with Gasteiger partial charge in [-0.1, -0.05) is 0 Å². The first kappa shape index (κ1) is 14.5. The van der Waals surface area contributed by atoms with E-state index in [1.807, 2.05) is 6.92 Å². The molecule has 0 aromatic carbocycles. The van der Waals surface area contributed by atoms with Gasteiger partial charge in [-0.05, 0) is 52.6 Å². The van der Waals surface area contributed by atoms with Crippen LogP contribution in [0.2, 0.25) is 0 Å². The third-order valence-electron chi connectivity index (χ3n) is 2.15. The van der Waals surface area contributed by atoms with Crippen molar-refractivity contribution in [2.45, 2.75) is 51.3 Å². The molecule has 0 aliphatic heterocycles. The van der Waals surface area contributed by atoms with Gasteiger partial charge in [-0.25, -0.2) is 0 Å². The third kappa shape index (κ3) is 8.47. The van der Waals surface area contributed by atoms with Gasteiger partial charge in [0.25, 0.3) is 0 Å². The van der Waals surface area contributed by atoms with Gasteiger partial charge in [0.15, 0.2) is 5.72 Å². The van der Waals surface area contributed by atoms with Crippen LogP contribution in [0, 0.1) is 0 Å². The molecular formula is C10H24N4O. The molecule has 5 nitrogen and oxygen atoms in total. The van der Waals surface area contributed by atoms with Crippen molar-refractivity contribution in [2.75, 3.05) is 13.1 Å². The van der Waals surface area contributed by atoms with Crippen molar-refractivity contribution in [3.63, 3.8) is 0 Å². The van der Waals surface area contributed by atoms with Crippen LogP contribution in [0.5, 0.6) is 0 Å². The molecule has 0 rings (SSSR count). The first-order valence-electron chi connectivity index (χ1n) is 5.56. The molecule has 0 saturated heterocycles. The van der Waals surface area contributed by atoms with Crippen molar-refractivity contribution < 1.29 is 5.11 Å². The van der Waals surface area contributed by atoms with E-state index in [0.29, 0.717) is 19.5 Å². The molecule has 5 N–H and O–H groups in total. The topological polar surface area (TPSA) is 97.0 Å². The molecule has 0 spiro atoms. The third-order valence-corrected chi connectivity index (χ3v) is 2.15. The second-order valence-electron chi connectivity index (χ2n) is 4.10. The molecule has 90 valence electrons. The van der Waals surface area contributed by atoms with Gasteiger partial charge in [0.1, 0.15) is 0 Å². The zero-order chi connectivity index (χ0) is 11.7. The highest BCUT2D eigenvalue weighted by Gasteiger charge is 2.18. The lowest BCUT2D eigenvalue weighted by atomic mass is 10.1. The highest BCUT2D eigenvalue weighted by molar-refractivity contribution is 4.68. The second kappa shape index (κ2) is 7.73. The Hall–Kier alpha value is -0.520. The lowest BCUT2D eigenvalue weighted by Crippen LogP contribution is -2.22. The minimum absolute atomic E-state index is 0.123. The average Bonchev–Trinajstić information content (AvgIpc) is 2.21. The Labute approximate surface area is 91.9 Å². The van der Waals surface area contributed by atoms with E-state index in [0.717, 1.165) is 19.3 Å². The Morgan fingerprint density at radius 1 is 1.27 bits per heavy atom. The van der Waals surface area contributed by atoms with Crippen LogP contribution in [0.4, 0.5) is 0 Å². The number of azo groups is 1. The molecule has 2 atom stereocenters. The molecule has 0 aliphatic carbocycles. The van der Waals surface area contributed by atoms with E-state index in [2.05, 4.69) is 10.2 Å². The largest absolute Gasteiger partial charge is 0.368 e. The van der Waals surface area contributed by atoms with Crippen molar-refractivity contribution >= 4 is 0 Å². The van der Waals surface area contributed by atoms with Crippen molar-refractivity contribution in [2.24, 2.45) is 21.7 Å². The summed E-state index contributed by atoms with van der Waals surface area (Å²) in [5.74, 6) is 0.